The largest absolute Gasteiger partial charge is 0.462 e. The van der Waals surface area contributed by atoms with Crippen LogP contribution in [0, 0.1) is 0 Å². The fourth-order valence-electron chi connectivity index (χ4n) is 10.4. The molecule has 0 aromatic heterocycles. The highest BCUT2D eigenvalue weighted by Crippen LogP contribution is 2.18. The maximum Gasteiger partial charge on any atom is 0.306 e. The molecule has 0 fully saturated rings. The molecule has 0 radical (unpaired) electrons. The first-order valence-electron chi connectivity index (χ1n) is 35.4. The number of rotatable bonds is 65. The molecule has 0 amide bonds. The molecule has 0 aromatic carbocycles. The van der Waals surface area contributed by atoms with Crippen LogP contribution in [-0.4, -0.2) is 37.2 Å². The lowest BCUT2D eigenvalue weighted by Gasteiger charge is -2.18. The SMILES string of the molecule is CC/C=C\C/C=C\C/C=C\CCCCCCCCCC(=O)OCC(COC(=O)CCCCCCCCCCCC/C=C\C/C=C\C/C=C\CCCCCCC)OC(=O)CCCCCCCCCCCCCCCCCCCCCCC. The Morgan fingerprint density at radius 2 is 0.481 bits per heavy atom. The Hall–Kier alpha value is -3.15. The maximum absolute atomic E-state index is 13.0. The number of allylic oxidation sites excluding steroid dienone is 12. The molecule has 0 heterocycles. The first-order chi connectivity index (χ1) is 40.0. The molecule has 470 valence electrons. The Morgan fingerprint density at radius 3 is 0.753 bits per heavy atom. The van der Waals surface area contributed by atoms with E-state index < -0.39 is 6.10 Å². The Morgan fingerprint density at radius 1 is 0.259 bits per heavy atom. The van der Waals surface area contributed by atoms with Gasteiger partial charge in [-0.15, -0.1) is 0 Å². The Bertz CT molecular complexity index is 1490. The number of ether oxygens (including phenoxy) is 3. The monoisotopic (exact) mass is 1130 g/mol. The van der Waals surface area contributed by atoms with E-state index in [4.69, 9.17) is 14.2 Å². The van der Waals surface area contributed by atoms with Gasteiger partial charge in [0, 0.05) is 19.3 Å². The van der Waals surface area contributed by atoms with Crippen LogP contribution in [0.25, 0.3) is 0 Å². The summed E-state index contributed by atoms with van der Waals surface area (Å²) >= 11 is 0. The molecule has 81 heavy (non-hydrogen) atoms. The molecule has 6 nitrogen and oxygen atoms in total. The van der Waals surface area contributed by atoms with Crippen LogP contribution in [0.1, 0.15) is 367 Å². The molecule has 0 N–H and O–H groups in total. The van der Waals surface area contributed by atoms with Gasteiger partial charge in [-0.2, -0.15) is 0 Å². The van der Waals surface area contributed by atoms with Gasteiger partial charge < -0.3 is 14.2 Å². The molecular formula is C75H134O6. The van der Waals surface area contributed by atoms with Crippen LogP contribution in [0.15, 0.2) is 72.9 Å². The van der Waals surface area contributed by atoms with Crippen LogP contribution in [-0.2, 0) is 28.6 Å². The number of hydrogen-bond acceptors (Lipinski definition) is 6. The molecule has 1 atom stereocenters. The maximum atomic E-state index is 13.0. The van der Waals surface area contributed by atoms with Gasteiger partial charge in [0.15, 0.2) is 6.10 Å². The van der Waals surface area contributed by atoms with Crippen molar-refractivity contribution < 1.29 is 28.6 Å². The van der Waals surface area contributed by atoms with Crippen LogP contribution < -0.4 is 0 Å². The van der Waals surface area contributed by atoms with Crippen molar-refractivity contribution in [3.63, 3.8) is 0 Å². The third-order valence-electron chi connectivity index (χ3n) is 15.7. The molecule has 0 aliphatic carbocycles. The normalized spacial score (nSPS) is 12.5. The van der Waals surface area contributed by atoms with Gasteiger partial charge >= 0.3 is 17.9 Å². The summed E-state index contributed by atoms with van der Waals surface area (Å²) in [6.07, 6.45) is 90.6. The number of hydrogen-bond donors (Lipinski definition) is 0. The third kappa shape index (κ3) is 67.5. The minimum atomic E-state index is -0.782. The molecule has 0 rings (SSSR count). The zero-order chi connectivity index (χ0) is 58.5. The van der Waals surface area contributed by atoms with Gasteiger partial charge in [-0.25, -0.2) is 0 Å². The average Bonchev–Trinajstić information content (AvgIpc) is 3.47. The zero-order valence-corrected chi connectivity index (χ0v) is 54.1. The van der Waals surface area contributed by atoms with Crippen molar-refractivity contribution in [2.45, 2.75) is 374 Å². The van der Waals surface area contributed by atoms with Gasteiger partial charge in [0.1, 0.15) is 13.2 Å². The van der Waals surface area contributed by atoms with Crippen LogP contribution >= 0.6 is 0 Å². The second-order valence-electron chi connectivity index (χ2n) is 23.8. The topological polar surface area (TPSA) is 78.9 Å². The summed E-state index contributed by atoms with van der Waals surface area (Å²) in [7, 11) is 0. The molecule has 0 aliphatic rings. The van der Waals surface area contributed by atoms with Crippen molar-refractivity contribution in [1.82, 2.24) is 0 Å². The van der Waals surface area contributed by atoms with E-state index >= 15 is 0 Å². The van der Waals surface area contributed by atoms with Crippen molar-refractivity contribution in [2.24, 2.45) is 0 Å². The van der Waals surface area contributed by atoms with Gasteiger partial charge in [-0.05, 0) is 89.9 Å². The van der Waals surface area contributed by atoms with Crippen molar-refractivity contribution >= 4 is 17.9 Å². The van der Waals surface area contributed by atoms with Crippen molar-refractivity contribution in [2.75, 3.05) is 13.2 Å². The lowest BCUT2D eigenvalue weighted by atomic mass is 10.0. The van der Waals surface area contributed by atoms with Crippen LogP contribution in [0.2, 0.25) is 0 Å². The van der Waals surface area contributed by atoms with Crippen molar-refractivity contribution in [1.29, 1.82) is 0 Å². The van der Waals surface area contributed by atoms with E-state index in [1.54, 1.807) is 0 Å². The second-order valence-corrected chi connectivity index (χ2v) is 23.8. The summed E-state index contributed by atoms with van der Waals surface area (Å²) in [5.41, 5.74) is 0. The van der Waals surface area contributed by atoms with E-state index in [1.165, 1.54) is 231 Å². The van der Waals surface area contributed by atoms with Crippen LogP contribution in [0.3, 0.4) is 0 Å². The fraction of sp³-hybridized carbons (Fsp3) is 0.800. The Balaban J connectivity index is 4.33. The summed E-state index contributed by atoms with van der Waals surface area (Å²) in [4.78, 5) is 38.5. The summed E-state index contributed by atoms with van der Waals surface area (Å²) in [6.45, 7) is 6.57. The molecule has 0 bridgehead atoms. The molecular weight excluding hydrogens is 997 g/mol. The van der Waals surface area contributed by atoms with Crippen molar-refractivity contribution in [3.05, 3.63) is 72.9 Å². The van der Waals surface area contributed by atoms with E-state index in [0.717, 1.165) is 96.3 Å². The van der Waals surface area contributed by atoms with Crippen LogP contribution in [0.5, 0.6) is 0 Å². The smallest absolute Gasteiger partial charge is 0.306 e. The highest BCUT2D eigenvalue weighted by Gasteiger charge is 2.19. The standard InChI is InChI=1S/C75H134O6/c1-4-7-10-13-16-19-22-25-28-31-33-35-36-37-38-40-41-44-47-50-53-56-59-62-65-68-74(77)80-71-72(70-79-73(76)67-64-61-58-55-52-49-46-43-30-27-24-21-18-15-12-9-6-3)81-75(78)69-66-63-60-57-54-51-48-45-42-39-34-32-29-26-23-20-17-14-11-8-5-2/h9,12,18,21-22,25,27,30-31,33,36-37,72H,4-8,10-11,13-17,19-20,23-24,26,28-29,32,34-35,38-71H2,1-3H3/b12-9-,21-18-,25-22-,30-27-,33-31-,37-36-. The second kappa shape index (κ2) is 69.3. The predicted molar refractivity (Wildman–Crippen MR) is 353 cm³/mol. The van der Waals surface area contributed by atoms with E-state index in [2.05, 4.69) is 93.7 Å². The Labute approximate surface area is 503 Å². The minimum Gasteiger partial charge on any atom is -0.462 e. The summed E-state index contributed by atoms with van der Waals surface area (Å²) < 4.78 is 17.0. The van der Waals surface area contributed by atoms with Gasteiger partial charge in [0.25, 0.3) is 0 Å². The molecule has 0 saturated heterocycles. The first-order valence-corrected chi connectivity index (χ1v) is 35.4. The third-order valence-corrected chi connectivity index (χ3v) is 15.7. The number of carbonyl (C=O) groups excluding carboxylic acids is 3. The lowest BCUT2D eigenvalue weighted by Crippen LogP contribution is -2.30. The average molecular weight is 1130 g/mol. The molecule has 6 heteroatoms. The predicted octanol–water partition coefficient (Wildman–Crippen LogP) is 24.4. The Kier molecular flexibility index (Phi) is 66.6. The molecule has 0 aliphatic heterocycles. The molecule has 0 saturated carbocycles. The van der Waals surface area contributed by atoms with E-state index in [9.17, 15) is 14.4 Å². The quantitative estimate of drug-likeness (QED) is 0.0261. The number of unbranched alkanes of at least 4 members (excludes halogenated alkanes) is 42. The number of esters is 3. The van der Waals surface area contributed by atoms with E-state index in [1.807, 2.05) is 0 Å². The van der Waals surface area contributed by atoms with Crippen molar-refractivity contribution in [3.8, 4) is 0 Å². The summed E-state index contributed by atoms with van der Waals surface area (Å²) in [5.74, 6) is -0.868. The van der Waals surface area contributed by atoms with E-state index in [0.29, 0.717) is 19.3 Å². The molecule has 0 spiro atoms. The fourth-order valence-corrected chi connectivity index (χ4v) is 10.4. The van der Waals surface area contributed by atoms with Gasteiger partial charge in [0.05, 0.1) is 0 Å². The van der Waals surface area contributed by atoms with Gasteiger partial charge in [-0.1, -0.05) is 331 Å². The van der Waals surface area contributed by atoms with E-state index in [-0.39, 0.29) is 31.1 Å². The first kappa shape index (κ1) is 77.9. The van der Waals surface area contributed by atoms with Gasteiger partial charge in [0.2, 0.25) is 0 Å². The highest BCUT2D eigenvalue weighted by molar-refractivity contribution is 5.71. The molecule has 0 aromatic rings. The zero-order valence-electron chi connectivity index (χ0n) is 54.1. The lowest BCUT2D eigenvalue weighted by molar-refractivity contribution is -0.167. The van der Waals surface area contributed by atoms with Gasteiger partial charge in [-0.3, -0.25) is 14.4 Å². The molecule has 1 unspecified atom stereocenters. The summed E-state index contributed by atoms with van der Waals surface area (Å²) in [5, 5.41) is 0. The van der Waals surface area contributed by atoms with Crippen LogP contribution in [0.4, 0.5) is 0 Å². The minimum absolute atomic E-state index is 0.0774. The summed E-state index contributed by atoms with van der Waals surface area (Å²) in [6, 6.07) is 0. The highest BCUT2D eigenvalue weighted by atomic mass is 16.6. The number of carbonyl (C=O) groups is 3.